The summed E-state index contributed by atoms with van der Waals surface area (Å²) < 4.78 is 6.65. The highest BCUT2D eigenvalue weighted by atomic mass is 16.3. The molecule has 2 atom stereocenters. The molecule has 2 heterocycles. The molecule has 0 spiro atoms. The smallest absolute Gasteiger partial charge is 0.143 e. The molecule has 0 saturated heterocycles. The van der Waals surface area contributed by atoms with Crippen LogP contribution in [0.4, 0.5) is 0 Å². The Hall–Kier alpha value is -6.49. The summed E-state index contributed by atoms with van der Waals surface area (Å²) in [6.45, 7) is 0. The van der Waals surface area contributed by atoms with Gasteiger partial charge in [-0.05, 0) is 62.0 Å². The maximum Gasteiger partial charge on any atom is 0.143 e. The van der Waals surface area contributed by atoms with E-state index in [0.717, 1.165) is 61.0 Å². The summed E-state index contributed by atoms with van der Waals surface area (Å²) in [4.78, 5) is 5.37. The first-order chi connectivity index (χ1) is 25.3. The van der Waals surface area contributed by atoms with Gasteiger partial charge in [-0.15, -0.1) is 0 Å². The number of para-hydroxylation sites is 1. The van der Waals surface area contributed by atoms with Crippen LogP contribution in [0, 0.1) is 0 Å². The van der Waals surface area contributed by atoms with Gasteiger partial charge in [-0.2, -0.15) is 0 Å². The van der Waals surface area contributed by atoms with Crippen LogP contribution in [0.5, 0.6) is 0 Å². The lowest BCUT2D eigenvalue weighted by atomic mass is 9.97. The van der Waals surface area contributed by atoms with E-state index < -0.39 is 0 Å². The molecule has 0 bridgehead atoms. The zero-order valence-corrected chi connectivity index (χ0v) is 27.8. The van der Waals surface area contributed by atoms with Crippen molar-refractivity contribution in [3.05, 3.63) is 193 Å². The van der Waals surface area contributed by atoms with Crippen LogP contribution >= 0.6 is 0 Å². The summed E-state index contributed by atoms with van der Waals surface area (Å²) in [6, 6.07) is 62.2. The van der Waals surface area contributed by atoms with Gasteiger partial charge in [0.05, 0.1) is 0 Å². The molecule has 9 aromatic rings. The average molecular weight is 656 g/mol. The standard InChI is InChI=1S/C47H33N3O/c1-3-12-30(13-4-1)33-24-25-35-29-36(27-26-34(35)28-33)45-48-46(39-20-9-17-31-16-7-8-18-37(31)39)50-47(49-45)41-22-11-23-42-43(41)40-21-10-19-38(44(40)51-42)32-14-5-2-6-15-32/h1-29,45,47,49H,(H,48,50). The number of nitrogens with one attached hydrogen (secondary N) is 2. The Morgan fingerprint density at radius 3 is 2.06 bits per heavy atom. The molecule has 0 aliphatic carbocycles. The lowest BCUT2D eigenvalue weighted by molar-refractivity contribution is 0.411. The van der Waals surface area contributed by atoms with Crippen molar-refractivity contribution in [3.8, 4) is 22.3 Å². The number of nitrogens with zero attached hydrogens (tertiary/aromatic N) is 1. The number of benzene rings is 8. The molecule has 4 nitrogen and oxygen atoms in total. The zero-order chi connectivity index (χ0) is 33.7. The van der Waals surface area contributed by atoms with Gasteiger partial charge in [-0.25, -0.2) is 4.99 Å². The molecule has 0 amide bonds. The fourth-order valence-electron chi connectivity index (χ4n) is 7.66. The molecular weight excluding hydrogens is 623 g/mol. The first-order valence-corrected chi connectivity index (χ1v) is 17.4. The summed E-state index contributed by atoms with van der Waals surface area (Å²) in [5.41, 5.74) is 9.70. The molecule has 2 N–H and O–H groups in total. The van der Waals surface area contributed by atoms with Crippen LogP contribution in [0.1, 0.15) is 29.0 Å². The van der Waals surface area contributed by atoms with Crippen molar-refractivity contribution in [1.82, 2.24) is 10.6 Å². The van der Waals surface area contributed by atoms with Crippen LogP contribution in [0.3, 0.4) is 0 Å². The lowest BCUT2D eigenvalue weighted by Gasteiger charge is -2.33. The Morgan fingerprint density at radius 1 is 0.490 bits per heavy atom. The normalized spacial score (nSPS) is 16.0. The van der Waals surface area contributed by atoms with Gasteiger partial charge in [0, 0.05) is 27.5 Å². The second-order valence-corrected chi connectivity index (χ2v) is 13.2. The van der Waals surface area contributed by atoms with Crippen LogP contribution in [-0.2, 0) is 0 Å². The highest BCUT2D eigenvalue weighted by Crippen LogP contribution is 2.40. The van der Waals surface area contributed by atoms with Crippen LogP contribution in [0.25, 0.3) is 65.7 Å². The van der Waals surface area contributed by atoms with Crippen molar-refractivity contribution in [2.45, 2.75) is 12.3 Å². The number of furan rings is 1. The molecule has 0 saturated carbocycles. The van der Waals surface area contributed by atoms with E-state index in [1.54, 1.807) is 0 Å². The largest absolute Gasteiger partial charge is 0.455 e. The molecule has 8 aromatic carbocycles. The molecule has 242 valence electrons. The molecule has 1 aromatic heterocycles. The topological polar surface area (TPSA) is 49.6 Å². The molecule has 10 rings (SSSR count). The molecule has 0 fully saturated rings. The maximum atomic E-state index is 6.65. The monoisotopic (exact) mass is 655 g/mol. The minimum Gasteiger partial charge on any atom is -0.455 e. The SMILES string of the molecule is c1ccc(-c2ccc3cc(C4N=C(c5cccc6ccccc56)NC(c5cccc6oc7c(-c8ccccc8)cccc7c56)N4)ccc3c2)cc1. The first kappa shape index (κ1) is 29.4. The average Bonchev–Trinajstić information content (AvgIpc) is 3.60. The predicted molar refractivity (Wildman–Crippen MR) is 211 cm³/mol. The summed E-state index contributed by atoms with van der Waals surface area (Å²) in [5, 5.41) is 14.6. The molecule has 1 aliphatic rings. The van der Waals surface area contributed by atoms with E-state index in [-0.39, 0.29) is 12.3 Å². The van der Waals surface area contributed by atoms with E-state index in [1.165, 1.54) is 27.3 Å². The quantitative estimate of drug-likeness (QED) is 0.194. The molecule has 4 heteroatoms. The minimum absolute atomic E-state index is 0.248. The molecule has 0 radical (unpaired) electrons. The minimum atomic E-state index is -0.295. The molecule has 2 unspecified atom stereocenters. The summed E-state index contributed by atoms with van der Waals surface area (Å²) in [7, 11) is 0. The second-order valence-electron chi connectivity index (χ2n) is 13.2. The zero-order valence-electron chi connectivity index (χ0n) is 27.8. The van der Waals surface area contributed by atoms with Crippen LogP contribution < -0.4 is 10.6 Å². The van der Waals surface area contributed by atoms with E-state index in [2.05, 4.69) is 180 Å². The fraction of sp³-hybridized carbons (Fsp3) is 0.0426. The summed E-state index contributed by atoms with van der Waals surface area (Å²) in [5.74, 6) is 0.856. The van der Waals surface area contributed by atoms with Crippen molar-refractivity contribution >= 4 is 49.3 Å². The number of amidine groups is 1. The number of hydrogen-bond acceptors (Lipinski definition) is 4. The Bertz CT molecular complexity index is 2760. The maximum absolute atomic E-state index is 6.65. The Labute approximate surface area is 295 Å². The van der Waals surface area contributed by atoms with Crippen molar-refractivity contribution in [2.75, 3.05) is 0 Å². The van der Waals surface area contributed by atoms with Crippen LogP contribution in [-0.4, -0.2) is 5.84 Å². The number of hydrogen-bond donors (Lipinski definition) is 2. The van der Waals surface area contributed by atoms with Gasteiger partial charge in [-0.3, -0.25) is 5.32 Å². The Balaban J connectivity index is 1.11. The third-order valence-electron chi connectivity index (χ3n) is 10.1. The van der Waals surface area contributed by atoms with Gasteiger partial charge in [0.15, 0.2) is 0 Å². The summed E-state index contributed by atoms with van der Waals surface area (Å²) in [6.07, 6.45) is -0.542. The highest BCUT2D eigenvalue weighted by Gasteiger charge is 2.29. The first-order valence-electron chi connectivity index (χ1n) is 17.4. The van der Waals surface area contributed by atoms with Crippen LogP contribution in [0.15, 0.2) is 185 Å². The van der Waals surface area contributed by atoms with Crippen molar-refractivity contribution in [2.24, 2.45) is 4.99 Å². The Kier molecular flexibility index (Phi) is 7.00. The third-order valence-corrected chi connectivity index (χ3v) is 10.1. The number of rotatable bonds is 5. The highest BCUT2D eigenvalue weighted by molar-refractivity contribution is 6.13. The van der Waals surface area contributed by atoms with Gasteiger partial charge < -0.3 is 9.73 Å². The molecule has 51 heavy (non-hydrogen) atoms. The number of fused-ring (bicyclic) bond motifs is 5. The van der Waals surface area contributed by atoms with Gasteiger partial charge in [0.1, 0.15) is 29.3 Å². The van der Waals surface area contributed by atoms with E-state index in [9.17, 15) is 0 Å². The predicted octanol–water partition coefficient (Wildman–Crippen LogP) is 11.6. The lowest BCUT2D eigenvalue weighted by Crippen LogP contribution is -2.45. The van der Waals surface area contributed by atoms with Gasteiger partial charge >= 0.3 is 0 Å². The molecular formula is C47H33N3O. The molecule has 1 aliphatic heterocycles. The van der Waals surface area contributed by atoms with Crippen molar-refractivity contribution < 1.29 is 4.42 Å². The van der Waals surface area contributed by atoms with Crippen molar-refractivity contribution in [1.29, 1.82) is 0 Å². The number of aliphatic imine (C=N–C) groups is 1. The van der Waals surface area contributed by atoms with Gasteiger partial charge in [-0.1, -0.05) is 158 Å². The summed E-state index contributed by atoms with van der Waals surface area (Å²) >= 11 is 0. The van der Waals surface area contributed by atoms with E-state index in [0.29, 0.717) is 0 Å². The van der Waals surface area contributed by atoms with E-state index >= 15 is 0 Å². The van der Waals surface area contributed by atoms with Gasteiger partial charge in [0.2, 0.25) is 0 Å². The van der Waals surface area contributed by atoms with E-state index in [1.807, 2.05) is 6.07 Å². The van der Waals surface area contributed by atoms with Gasteiger partial charge in [0.25, 0.3) is 0 Å². The van der Waals surface area contributed by atoms with E-state index in [4.69, 9.17) is 9.41 Å². The Morgan fingerprint density at radius 2 is 1.18 bits per heavy atom. The fourth-order valence-corrected chi connectivity index (χ4v) is 7.66. The van der Waals surface area contributed by atoms with Crippen molar-refractivity contribution in [3.63, 3.8) is 0 Å². The third kappa shape index (κ3) is 5.16. The second kappa shape index (κ2) is 12.1. The van der Waals surface area contributed by atoms with Crippen LogP contribution in [0.2, 0.25) is 0 Å².